The van der Waals surface area contributed by atoms with E-state index in [-0.39, 0.29) is 38.1 Å². The van der Waals surface area contributed by atoms with Gasteiger partial charge in [-0.05, 0) is 18.6 Å². The van der Waals surface area contributed by atoms with E-state index in [4.69, 9.17) is 40.9 Å². The molecule has 33 heavy (non-hydrogen) atoms. The summed E-state index contributed by atoms with van der Waals surface area (Å²) in [6, 6.07) is 3.21. The summed E-state index contributed by atoms with van der Waals surface area (Å²) in [5, 5.41) is 67.5. The van der Waals surface area contributed by atoms with E-state index >= 15 is 0 Å². The Morgan fingerprint density at radius 2 is 1.09 bits per heavy atom. The first-order valence-corrected chi connectivity index (χ1v) is 8.73. The van der Waals surface area contributed by atoms with Crippen molar-refractivity contribution in [3.63, 3.8) is 0 Å². The van der Waals surface area contributed by atoms with Gasteiger partial charge in [0.25, 0.3) is 0 Å². The zero-order chi connectivity index (χ0) is 25.5. The molecule has 0 spiro atoms. The third kappa shape index (κ3) is 5.38. The van der Waals surface area contributed by atoms with Gasteiger partial charge in [0.05, 0.1) is 11.0 Å². The predicted molar refractivity (Wildman–Crippen MR) is 108 cm³/mol. The second kappa shape index (κ2) is 8.68. The van der Waals surface area contributed by atoms with Gasteiger partial charge in [0, 0.05) is 30.0 Å². The van der Waals surface area contributed by atoms with Crippen molar-refractivity contribution in [1.29, 1.82) is 0 Å². The molecule has 0 aliphatic heterocycles. The van der Waals surface area contributed by atoms with Gasteiger partial charge in [-0.3, -0.25) is 9.59 Å². The number of aryl methyl sites for hydroxylation is 1. The summed E-state index contributed by atoms with van der Waals surface area (Å²) in [5.74, 6) is -2.59. The van der Waals surface area contributed by atoms with Gasteiger partial charge >= 0.3 is 24.1 Å². The molecule has 3 rings (SSSR count). The molecule has 0 aliphatic rings. The van der Waals surface area contributed by atoms with Crippen molar-refractivity contribution < 1.29 is 50.4 Å². The SMILES string of the molecule is CN(C(O)(O)O)C(O)(O)O.Cc1c2[nH]c(C(=O)O)cc(=O)c2cc2c(=O)cc(C(=O)O)[nH]c12. The van der Waals surface area contributed by atoms with Crippen LogP contribution < -0.4 is 10.9 Å². The van der Waals surface area contributed by atoms with Crippen LogP contribution in [-0.4, -0.2) is 86.9 Å². The molecule has 0 fully saturated rings. The maximum Gasteiger partial charge on any atom is 0.352 e. The number of aliphatic hydroxyl groups is 6. The van der Waals surface area contributed by atoms with E-state index in [1.165, 1.54) is 6.07 Å². The minimum absolute atomic E-state index is 0.161. The highest BCUT2D eigenvalue weighted by Gasteiger charge is 2.40. The highest BCUT2D eigenvalue weighted by molar-refractivity contribution is 6.01. The van der Waals surface area contributed by atoms with Crippen LogP contribution >= 0.6 is 0 Å². The van der Waals surface area contributed by atoms with Crippen LogP contribution in [0.2, 0.25) is 0 Å². The molecule has 3 aromatic rings. The number of carboxylic acid groups (broad SMARTS) is 2. The van der Waals surface area contributed by atoms with Gasteiger partial charge in [0.15, 0.2) is 10.9 Å². The normalized spacial score (nSPS) is 12.0. The molecule has 15 nitrogen and oxygen atoms in total. The fraction of sp³-hybridized carbons (Fsp3) is 0.222. The fourth-order valence-electron chi connectivity index (χ4n) is 2.72. The molecular weight excluding hydrogens is 450 g/mol. The molecule has 2 heterocycles. The summed E-state index contributed by atoms with van der Waals surface area (Å²) in [6.07, 6.45) is -6.95. The highest BCUT2D eigenvalue weighted by atomic mass is 16.8. The summed E-state index contributed by atoms with van der Waals surface area (Å²) in [6.45, 7) is 1.56. The van der Waals surface area contributed by atoms with Crippen molar-refractivity contribution in [2.24, 2.45) is 0 Å². The Bertz CT molecular complexity index is 1260. The van der Waals surface area contributed by atoms with Crippen LogP contribution in [0, 0.1) is 6.92 Å². The molecular formula is C18H19N3O12. The van der Waals surface area contributed by atoms with Crippen molar-refractivity contribution in [3.8, 4) is 0 Å². The largest absolute Gasteiger partial charge is 0.477 e. The van der Waals surface area contributed by atoms with Crippen LogP contribution in [0.25, 0.3) is 21.8 Å². The van der Waals surface area contributed by atoms with Crippen LogP contribution in [-0.2, 0) is 0 Å². The molecule has 2 aromatic heterocycles. The van der Waals surface area contributed by atoms with Crippen LogP contribution in [0.5, 0.6) is 0 Å². The lowest BCUT2D eigenvalue weighted by molar-refractivity contribution is -0.503. The van der Waals surface area contributed by atoms with Crippen LogP contribution in [0.3, 0.4) is 0 Å². The standard InChI is InChI=1S/C15H10N2O6.C3H9NO6/c1-5-12-6(10(18)3-8(16-12)14(20)21)2-7-11(19)4-9(15(22)23)17-13(5)7;1-4(2(5,6)7)3(8,9)10/h2-4H,1H3,(H,16,18)(H,17,19)(H,20,21)(H,22,23);5-10H,1H3. The van der Waals surface area contributed by atoms with E-state index in [9.17, 15) is 19.2 Å². The summed E-state index contributed by atoms with van der Waals surface area (Å²) in [5.41, 5.74) is -0.798. The van der Waals surface area contributed by atoms with Gasteiger partial charge in [-0.15, -0.1) is 0 Å². The first kappa shape index (κ1) is 25.6. The van der Waals surface area contributed by atoms with Crippen molar-refractivity contribution in [1.82, 2.24) is 14.9 Å². The Kier molecular flexibility index (Phi) is 6.72. The second-order valence-corrected chi connectivity index (χ2v) is 6.81. The monoisotopic (exact) mass is 469 g/mol. The number of aromatic amines is 2. The number of H-pyrrole nitrogens is 2. The van der Waals surface area contributed by atoms with Gasteiger partial charge in [-0.1, -0.05) is 0 Å². The Hall–Kier alpha value is -3.70. The van der Waals surface area contributed by atoms with Crippen molar-refractivity contribution in [2.75, 3.05) is 7.05 Å². The van der Waals surface area contributed by atoms with Gasteiger partial charge in [0.1, 0.15) is 11.4 Å². The number of hydrogen-bond donors (Lipinski definition) is 10. The summed E-state index contributed by atoms with van der Waals surface area (Å²) < 4.78 is 0. The van der Waals surface area contributed by atoms with E-state index in [1.54, 1.807) is 6.92 Å². The number of hydrogen-bond acceptors (Lipinski definition) is 11. The number of carboxylic acids is 2. The number of nitrogens with one attached hydrogen (secondary N) is 2. The van der Waals surface area contributed by atoms with E-state index in [0.717, 1.165) is 12.1 Å². The smallest absolute Gasteiger partial charge is 0.352 e. The van der Waals surface area contributed by atoms with E-state index in [2.05, 4.69) is 9.97 Å². The topological polar surface area (TPSA) is 265 Å². The predicted octanol–water partition coefficient (Wildman–Crippen LogP) is -2.83. The van der Waals surface area contributed by atoms with Crippen LogP contribution in [0.15, 0.2) is 27.8 Å². The summed E-state index contributed by atoms with van der Waals surface area (Å²) >= 11 is 0. The van der Waals surface area contributed by atoms with Crippen molar-refractivity contribution in [2.45, 2.75) is 19.1 Å². The maximum absolute atomic E-state index is 12.1. The van der Waals surface area contributed by atoms with Crippen LogP contribution in [0.1, 0.15) is 26.5 Å². The summed E-state index contributed by atoms with van der Waals surface area (Å²) in [7, 11) is 0.667. The lowest BCUT2D eigenvalue weighted by Crippen LogP contribution is -2.59. The Labute approximate surface area is 181 Å². The Morgan fingerprint density at radius 1 is 0.758 bits per heavy atom. The van der Waals surface area contributed by atoms with Gasteiger partial charge < -0.3 is 50.8 Å². The molecule has 0 radical (unpaired) electrons. The maximum atomic E-state index is 12.1. The molecule has 0 amide bonds. The molecule has 1 aromatic carbocycles. The quantitative estimate of drug-likeness (QED) is 0.136. The number of fused-ring (bicyclic) bond motifs is 2. The van der Waals surface area contributed by atoms with E-state index < -0.39 is 35.0 Å². The van der Waals surface area contributed by atoms with E-state index in [0.29, 0.717) is 12.6 Å². The lowest BCUT2D eigenvalue weighted by Gasteiger charge is -2.31. The van der Waals surface area contributed by atoms with Crippen molar-refractivity contribution >= 4 is 33.7 Å². The highest BCUT2D eigenvalue weighted by Crippen LogP contribution is 2.22. The van der Waals surface area contributed by atoms with Gasteiger partial charge in [-0.25, -0.2) is 9.59 Å². The molecule has 0 aliphatic carbocycles. The number of carbonyl (C=O) groups is 2. The van der Waals surface area contributed by atoms with Crippen LogP contribution in [0.4, 0.5) is 0 Å². The van der Waals surface area contributed by atoms with Gasteiger partial charge in [0.2, 0.25) is 0 Å². The minimum Gasteiger partial charge on any atom is -0.477 e. The summed E-state index contributed by atoms with van der Waals surface area (Å²) in [4.78, 5) is 51.3. The molecule has 15 heteroatoms. The average Bonchev–Trinajstić information content (AvgIpc) is 2.67. The third-order valence-corrected chi connectivity index (χ3v) is 4.54. The molecule has 0 bridgehead atoms. The Balaban J connectivity index is 0.000000328. The number of benzene rings is 1. The molecule has 10 N–H and O–H groups in total. The zero-order valence-corrected chi connectivity index (χ0v) is 16.9. The third-order valence-electron chi connectivity index (χ3n) is 4.54. The number of nitrogens with zero attached hydrogens (tertiary/aromatic N) is 1. The Morgan fingerprint density at radius 3 is 1.33 bits per heavy atom. The number of aromatic carboxylic acids is 2. The molecule has 0 unspecified atom stereocenters. The average molecular weight is 469 g/mol. The van der Waals surface area contributed by atoms with E-state index in [1.807, 2.05) is 0 Å². The lowest BCUT2D eigenvalue weighted by atomic mass is 10.0. The second-order valence-electron chi connectivity index (χ2n) is 6.81. The van der Waals surface area contributed by atoms with Crippen molar-refractivity contribution in [3.05, 3.63) is 55.6 Å². The number of rotatable bonds is 4. The first-order valence-electron chi connectivity index (χ1n) is 8.73. The number of aromatic nitrogens is 2. The number of pyridine rings is 2. The first-order chi connectivity index (χ1) is 14.9. The minimum atomic E-state index is -3.47. The van der Waals surface area contributed by atoms with Gasteiger partial charge in [-0.2, -0.15) is 4.90 Å². The zero-order valence-electron chi connectivity index (χ0n) is 16.9. The fourth-order valence-corrected chi connectivity index (χ4v) is 2.72. The molecule has 178 valence electrons. The molecule has 0 atom stereocenters. The molecule has 0 saturated carbocycles. The molecule has 0 saturated heterocycles.